The van der Waals surface area contributed by atoms with Crippen molar-refractivity contribution in [3.8, 4) is 0 Å². The molecule has 1 fully saturated rings. The third-order valence-electron chi connectivity index (χ3n) is 5.40. The fourth-order valence-corrected chi connectivity index (χ4v) is 5.48. The molecule has 0 radical (unpaired) electrons. The number of aromatic nitrogens is 2. The maximum atomic E-state index is 12.9. The first-order valence-corrected chi connectivity index (χ1v) is 10.9. The van der Waals surface area contributed by atoms with Crippen molar-refractivity contribution < 1.29 is 17.9 Å². The summed E-state index contributed by atoms with van der Waals surface area (Å²) in [4.78, 5) is 12.9. The highest BCUT2D eigenvalue weighted by Gasteiger charge is 2.42. The summed E-state index contributed by atoms with van der Waals surface area (Å²) in [5.41, 5.74) is 2.12. The Balaban J connectivity index is 2.08. The molecule has 0 unspecified atom stereocenters. The first kappa shape index (κ1) is 19.5. The SMILES string of the molecule is CCS(=O)(=O)N1CCC[C@H]1c1nn(CCOC)c2c1C(=O)CC(C)(C)C2. The molecule has 0 aromatic carbocycles. The number of Topliss-reactive ketones (excluding diaryl/α,β-unsaturated/α-hetero) is 1. The molecular weight excluding hydrogens is 354 g/mol. The molecule has 1 atom stereocenters. The van der Waals surface area contributed by atoms with Gasteiger partial charge >= 0.3 is 0 Å². The van der Waals surface area contributed by atoms with Crippen LogP contribution in [0.15, 0.2) is 0 Å². The van der Waals surface area contributed by atoms with Crippen LogP contribution in [0, 0.1) is 5.41 Å². The molecule has 7 nitrogen and oxygen atoms in total. The van der Waals surface area contributed by atoms with E-state index >= 15 is 0 Å². The lowest BCUT2D eigenvalue weighted by Gasteiger charge is -2.30. The Labute approximate surface area is 155 Å². The first-order chi connectivity index (χ1) is 12.2. The number of rotatable bonds is 6. The zero-order valence-electron chi connectivity index (χ0n) is 16.1. The molecule has 26 heavy (non-hydrogen) atoms. The van der Waals surface area contributed by atoms with Gasteiger partial charge in [0.25, 0.3) is 0 Å². The molecule has 0 spiro atoms. The second kappa shape index (κ2) is 7.05. The van der Waals surface area contributed by atoms with Crippen LogP contribution in [0.2, 0.25) is 0 Å². The van der Waals surface area contributed by atoms with Gasteiger partial charge in [-0.1, -0.05) is 13.8 Å². The van der Waals surface area contributed by atoms with Crippen LogP contribution in [0.5, 0.6) is 0 Å². The topological polar surface area (TPSA) is 81.5 Å². The average Bonchev–Trinajstić information content (AvgIpc) is 3.16. The van der Waals surface area contributed by atoms with Gasteiger partial charge in [0.05, 0.1) is 41.9 Å². The Morgan fingerprint density at radius 1 is 1.31 bits per heavy atom. The van der Waals surface area contributed by atoms with Crippen LogP contribution in [0.1, 0.15) is 67.8 Å². The standard InChI is InChI=1S/C18H29N3O4S/c1-5-26(23,24)21-8-6-7-13(21)17-16-14(20(19-17)9-10-25-4)11-18(2,3)12-15(16)22/h13H,5-12H2,1-4H3/t13-/m0/s1. The van der Waals surface area contributed by atoms with Gasteiger partial charge in [0, 0.05) is 20.1 Å². The van der Waals surface area contributed by atoms with Crippen molar-refractivity contribution in [2.24, 2.45) is 5.41 Å². The highest BCUT2D eigenvalue weighted by molar-refractivity contribution is 7.89. The minimum Gasteiger partial charge on any atom is -0.383 e. The lowest BCUT2D eigenvalue weighted by Crippen LogP contribution is -2.33. The summed E-state index contributed by atoms with van der Waals surface area (Å²) in [6, 6.07) is -0.331. The summed E-state index contributed by atoms with van der Waals surface area (Å²) >= 11 is 0. The minimum absolute atomic E-state index is 0.0665. The summed E-state index contributed by atoms with van der Waals surface area (Å²) in [7, 11) is -1.68. The van der Waals surface area contributed by atoms with Crippen molar-refractivity contribution in [3.63, 3.8) is 0 Å². The van der Waals surface area contributed by atoms with Crippen molar-refractivity contribution in [1.29, 1.82) is 0 Å². The molecule has 1 saturated heterocycles. The molecule has 1 aliphatic heterocycles. The van der Waals surface area contributed by atoms with E-state index in [2.05, 4.69) is 13.8 Å². The average molecular weight is 384 g/mol. The van der Waals surface area contributed by atoms with Gasteiger partial charge in [0.2, 0.25) is 10.0 Å². The second-order valence-electron chi connectivity index (χ2n) is 8.03. The van der Waals surface area contributed by atoms with E-state index in [1.54, 1.807) is 18.3 Å². The third kappa shape index (κ3) is 3.46. The van der Waals surface area contributed by atoms with Gasteiger partial charge in [-0.05, 0) is 31.6 Å². The largest absolute Gasteiger partial charge is 0.383 e. The van der Waals surface area contributed by atoms with E-state index in [1.807, 2.05) is 4.68 Å². The van der Waals surface area contributed by atoms with E-state index in [-0.39, 0.29) is 23.0 Å². The van der Waals surface area contributed by atoms with Crippen LogP contribution >= 0.6 is 0 Å². The normalized spacial score (nSPS) is 23.4. The van der Waals surface area contributed by atoms with Gasteiger partial charge in [0.1, 0.15) is 0 Å². The third-order valence-corrected chi connectivity index (χ3v) is 7.28. The van der Waals surface area contributed by atoms with Gasteiger partial charge < -0.3 is 4.74 Å². The van der Waals surface area contributed by atoms with Crippen molar-refractivity contribution in [3.05, 3.63) is 17.0 Å². The fourth-order valence-electron chi connectivity index (χ4n) is 4.15. The summed E-state index contributed by atoms with van der Waals surface area (Å²) in [5.74, 6) is 0.146. The number of fused-ring (bicyclic) bond motifs is 1. The van der Waals surface area contributed by atoms with E-state index < -0.39 is 10.0 Å². The summed E-state index contributed by atoms with van der Waals surface area (Å²) in [6.07, 6.45) is 2.74. The molecule has 2 aliphatic rings. The summed E-state index contributed by atoms with van der Waals surface area (Å²) in [6.45, 7) is 7.40. The van der Waals surface area contributed by atoms with Crippen molar-refractivity contribution in [2.45, 2.75) is 59.0 Å². The van der Waals surface area contributed by atoms with E-state index in [1.165, 1.54) is 0 Å². The van der Waals surface area contributed by atoms with E-state index in [0.29, 0.717) is 43.8 Å². The van der Waals surface area contributed by atoms with Crippen LogP contribution in [0.3, 0.4) is 0 Å². The monoisotopic (exact) mass is 383 g/mol. The quantitative estimate of drug-likeness (QED) is 0.752. The van der Waals surface area contributed by atoms with Gasteiger partial charge in [-0.3, -0.25) is 9.48 Å². The smallest absolute Gasteiger partial charge is 0.214 e. The number of carbonyl (C=O) groups is 1. The van der Waals surface area contributed by atoms with Gasteiger partial charge in [-0.25, -0.2) is 8.42 Å². The number of sulfonamides is 1. The molecular formula is C18H29N3O4S. The Morgan fingerprint density at radius 3 is 2.69 bits per heavy atom. The molecule has 0 saturated carbocycles. The lowest BCUT2D eigenvalue weighted by atomic mass is 9.75. The molecule has 2 heterocycles. The van der Waals surface area contributed by atoms with Crippen LogP contribution in [-0.4, -0.2) is 54.3 Å². The maximum absolute atomic E-state index is 12.9. The number of carbonyl (C=O) groups excluding carboxylic acids is 1. The number of hydrogen-bond acceptors (Lipinski definition) is 5. The Hall–Kier alpha value is -1.25. The van der Waals surface area contributed by atoms with Crippen LogP contribution in [0.25, 0.3) is 0 Å². The number of methoxy groups -OCH3 is 1. The first-order valence-electron chi connectivity index (χ1n) is 9.31. The number of ether oxygens (including phenoxy) is 1. The maximum Gasteiger partial charge on any atom is 0.214 e. The van der Waals surface area contributed by atoms with Crippen molar-refractivity contribution >= 4 is 15.8 Å². The van der Waals surface area contributed by atoms with Crippen LogP contribution < -0.4 is 0 Å². The Bertz CT molecular complexity index is 798. The van der Waals surface area contributed by atoms with Crippen LogP contribution in [-0.2, 0) is 27.7 Å². The highest BCUT2D eigenvalue weighted by Crippen LogP contribution is 2.42. The van der Waals surface area contributed by atoms with Gasteiger partial charge in [-0.2, -0.15) is 9.40 Å². The van der Waals surface area contributed by atoms with E-state index in [4.69, 9.17) is 9.84 Å². The van der Waals surface area contributed by atoms with Gasteiger partial charge in [0.15, 0.2) is 5.78 Å². The zero-order chi connectivity index (χ0) is 19.1. The molecule has 1 aliphatic carbocycles. The predicted octanol–water partition coefficient (Wildman–Crippen LogP) is 2.17. The summed E-state index contributed by atoms with van der Waals surface area (Å²) < 4.78 is 33.6. The molecule has 0 bridgehead atoms. The zero-order valence-corrected chi connectivity index (χ0v) is 16.9. The van der Waals surface area contributed by atoms with E-state index in [9.17, 15) is 13.2 Å². The molecule has 146 valence electrons. The van der Waals surface area contributed by atoms with Crippen LogP contribution in [0.4, 0.5) is 0 Å². The number of hydrogen-bond donors (Lipinski definition) is 0. The number of ketones is 1. The lowest BCUT2D eigenvalue weighted by molar-refractivity contribution is 0.0906. The predicted molar refractivity (Wildman–Crippen MR) is 98.7 cm³/mol. The minimum atomic E-state index is -3.32. The molecule has 0 N–H and O–H groups in total. The summed E-state index contributed by atoms with van der Waals surface area (Å²) in [5, 5.41) is 4.74. The molecule has 1 aromatic heterocycles. The molecule has 0 amide bonds. The van der Waals surface area contributed by atoms with Crippen molar-refractivity contribution in [1.82, 2.24) is 14.1 Å². The van der Waals surface area contributed by atoms with Gasteiger partial charge in [-0.15, -0.1) is 0 Å². The molecule has 3 rings (SSSR count). The second-order valence-corrected chi connectivity index (χ2v) is 10.2. The Morgan fingerprint density at radius 2 is 2.04 bits per heavy atom. The Kier molecular flexibility index (Phi) is 5.29. The fraction of sp³-hybridized carbons (Fsp3) is 0.778. The molecule has 8 heteroatoms. The highest BCUT2D eigenvalue weighted by atomic mass is 32.2. The van der Waals surface area contributed by atoms with Crippen molar-refractivity contribution in [2.75, 3.05) is 26.0 Å². The number of nitrogens with zero attached hydrogens (tertiary/aromatic N) is 3. The molecule has 1 aromatic rings. The van der Waals surface area contributed by atoms with E-state index in [0.717, 1.165) is 18.5 Å².